The molecule has 2 amide bonds. The van der Waals surface area contributed by atoms with Crippen LogP contribution in [0.5, 0.6) is 11.5 Å². The van der Waals surface area contributed by atoms with Crippen molar-refractivity contribution in [2.24, 2.45) is 5.73 Å². The van der Waals surface area contributed by atoms with Gasteiger partial charge in [-0.05, 0) is 31.0 Å². The number of hydrogen-bond donors (Lipinski definition) is 4. The molecule has 0 aromatic heterocycles. The fourth-order valence-corrected chi connectivity index (χ4v) is 1.43. The highest BCUT2D eigenvalue weighted by Crippen LogP contribution is 2.21. The van der Waals surface area contributed by atoms with Crippen LogP contribution >= 0.6 is 0 Å². The van der Waals surface area contributed by atoms with E-state index >= 15 is 0 Å². The van der Waals surface area contributed by atoms with E-state index in [1.807, 2.05) is 0 Å². The van der Waals surface area contributed by atoms with Gasteiger partial charge in [0.15, 0.2) is 0 Å². The van der Waals surface area contributed by atoms with Gasteiger partial charge >= 0.3 is 0 Å². The molecule has 0 aliphatic heterocycles. The highest BCUT2D eigenvalue weighted by atomic mass is 16.3. The van der Waals surface area contributed by atoms with E-state index in [1.54, 1.807) is 0 Å². The first kappa shape index (κ1) is 13.8. The molecule has 0 unspecified atom stereocenters. The fourth-order valence-electron chi connectivity index (χ4n) is 1.43. The molecule has 98 valence electrons. The van der Waals surface area contributed by atoms with Crippen LogP contribution in [0.15, 0.2) is 18.2 Å². The van der Waals surface area contributed by atoms with Crippen LogP contribution < -0.4 is 11.1 Å². The molecule has 1 aromatic rings. The van der Waals surface area contributed by atoms with Crippen molar-refractivity contribution in [2.75, 3.05) is 6.54 Å². The Balaban J connectivity index is 2.41. The zero-order valence-corrected chi connectivity index (χ0v) is 9.85. The zero-order chi connectivity index (χ0) is 13.5. The molecule has 0 saturated heterocycles. The lowest BCUT2D eigenvalue weighted by Gasteiger charge is -2.06. The Bertz CT molecular complexity index is 446. The molecule has 0 radical (unpaired) electrons. The normalized spacial score (nSPS) is 10.0. The summed E-state index contributed by atoms with van der Waals surface area (Å²) in [4.78, 5) is 22.1. The summed E-state index contributed by atoms with van der Waals surface area (Å²) < 4.78 is 0. The number of aromatic hydroxyl groups is 2. The monoisotopic (exact) mass is 252 g/mol. The third-order valence-corrected chi connectivity index (χ3v) is 2.36. The number of nitrogens with one attached hydrogen (secondary N) is 1. The number of rotatable bonds is 6. The van der Waals surface area contributed by atoms with Crippen molar-refractivity contribution in [2.45, 2.75) is 19.3 Å². The molecule has 0 heterocycles. The smallest absolute Gasteiger partial charge is 0.255 e. The molecule has 1 aromatic carbocycles. The van der Waals surface area contributed by atoms with Gasteiger partial charge in [0.2, 0.25) is 5.91 Å². The maximum absolute atomic E-state index is 11.6. The molecule has 0 aliphatic carbocycles. The molecule has 0 atom stereocenters. The molecule has 18 heavy (non-hydrogen) atoms. The van der Waals surface area contributed by atoms with Crippen molar-refractivity contribution in [3.05, 3.63) is 23.8 Å². The Hall–Kier alpha value is -2.24. The van der Waals surface area contributed by atoms with E-state index in [1.165, 1.54) is 18.2 Å². The SMILES string of the molecule is NC(=O)CCCCNC(=O)c1cc(O)ccc1O. The van der Waals surface area contributed by atoms with E-state index in [0.29, 0.717) is 19.4 Å². The van der Waals surface area contributed by atoms with Gasteiger partial charge in [0.1, 0.15) is 11.5 Å². The van der Waals surface area contributed by atoms with Gasteiger partial charge in [0, 0.05) is 13.0 Å². The van der Waals surface area contributed by atoms with Gasteiger partial charge in [0.05, 0.1) is 5.56 Å². The maximum Gasteiger partial charge on any atom is 0.255 e. The summed E-state index contributed by atoms with van der Waals surface area (Å²) in [6.45, 7) is 0.376. The number of phenols is 2. The number of amides is 2. The largest absolute Gasteiger partial charge is 0.508 e. The third kappa shape index (κ3) is 4.32. The van der Waals surface area contributed by atoms with Gasteiger partial charge in [0.25, 0.3) is 5.91 Å². The fraction of sp³-hybridized carbons (Fsp3) is 0.333. The van der Waals surface area contributed by atoms with Gasteiger partial charge in [-0.25, -0.2) is 0 Å². The molecule has 0 saturated carbocycles. The summed E-state index contributed by atoms with van der Waals surface area (Å²) >= 11 is 0. The Morgan fingerprint density at radius 3 is 2.61 bits per heavy atom. The summed E-state index contributed by atoms with van der Waals surface area (Å²) in [6, 6.07) is 3.73. The minimum absolute atomic E-state index is 0.0184. The second-order valence-corrected chi connectivity index (χ2v) is 3.88. The first-order valence-electron chi connectivity index (χ1n) is 5.59. The highest BCUT2D eigenvalue weighted by molar-refractivity contribution is 5.97. The third-order valence-electron chi connectivity index (χ3n) is 2.36. The van der Waals surface area contributed by atoms with Gasteiger partial charge in [-0.1, -0.05) is 0 Å². The predicted molar refractivity (Wildman–Crippen MR) is 65.2 cm³/mol. The number of carbonyl (C=O) groups is 2. The molecular formula is C12H16N2O4. The topological polar surface area (TPSA) is 113 Å². The lowest BCUT2D eigenvalue weighted by Crippen LogP contribution is -2.24. The summed E-state index contributed by atoms with van der Waals surface area (Å²) in [6.07, 6.45) is 1.50. The number of phenolic OH excluding ortho intramolecular Hbond substituents is 2. The zero-order valence-electron chi connectivity index (χ0n) is 9.85. The molecule has 0 fully saturated rings. The Labute approximate surface area is 104 Å². The van der Waals surface area contributed by atoms with E-state index in [9.17, 15) is 19.8 Å². The van der Waals surface area contributed by atoms with Crippen LogP contribution in [0.2, 0.25) is 0 Å². The minimum atomic E-state index is -0.470. The molecular weight excluding hydrogens is 236 g/mol. The summed E-state index contributed by atoms with van der Waals surface area (Å²) in [7, 11) is 0. The Kier molecular flexibility index (Phi) is 4.98. The van der Waals surface area contributed by atoms with E-state index in [4.69, 9.17) is 5.73 Å². The van der Waals surface area contributed by atoms with Crippen LogP contribution in [0.3, 0.4) is 0 Å². The van der Waals surface area contributed by atoms with E-state index < -0.39 is 5.91 Å². The summed E-state index contributed by atoms with van der Waals surface area (Å²) in [5.41, 5.74) is 4.99. The lowest BCUT2D eigenvalue weighted by atomic mass is 10.1. The summed E-state index contributed by atoms with van der Waals surface area (Å²) in [5.74, 6) is -1.12. The van der Waals surface area contributed by atoms with Crippen molar-refractivity contribution in [1.29, 1.82) is 0 Å². The molecule has 6 nitrogen and oxygen atoms in total. The molecule has 5 N–H and O–H groups in total. The van der Waals surface area contributed by atoms with Crippen LogP contribution in [-0.4, -0.2) is 28.6 Å². The minimum Gasteiger partial charge on any atom is -0.508 e. The lowest BCUT2D eigenvalue weighted by molar-refractivity contribution is -0.118. The second-order valence-electron chi connectivity index (χ2n) is 3.88. The van der Waals surface area contributed by atoms with Crippen LogP contribution in [0.25, 0.3) is 0 Å². The second kappa shape index (κ2) is 6.48. The van der Waals surface area contributed by atoms with Gasteiger partial charge in [-0.2, -0.15) is 0 Å². The van der Waals surface area contributed by atoms with Crippen molar-refractivity contribution >= 4 is 11.8 Å². The highest BCUT2D eigenvalue weighted by Gasteiger charge is 2.11. The Morgan fingerprint density at radius 2 is 1.94 bits per heavy atom. The Morgan fingerprint density at radius 1 is 1.22 bits per heavy atom. The van der Waals surface area contributed by atoms with Gasteiger partial charge in [-0.15, -0.1) is 0 Å². The predicted octanol–water partition coefficient (Wildman–Crippen LogP) is 0.483. The number of nitrogens with two attached hydrogens (primary N) is 1. The van der Waals surface area contributed by atoms with Crippen LogP contribution in [0.1, 0.15) is 29.6 Å². The van der Waals surface area contributed by atoms with E-state index in [2.05, 4.69) is 5.32 Å². The average Bonchev–Trinajstić information content (AvgIpc) is 2.31. The number of hydrogen-bond acceptors (Lipinski definition) is 4. The molecule has 0 aliphatic rings. The van der Waals surface area contributed by atoms with Crippen molar-refractivity contribution in [1.82, 2.24) is 5.32 Å². The standard InChI is InChI=1S/C12H16N2O4/c13-11(17)3-1-2-6-14-12(18)9-7-8(15)4-5-10(9)16/h4-5,7,15-16H,1-3,6H2,(H2,13,17)(H,14,18). The van der Waals surface area contributed by atoms with Crippen LogP contribution in [0.4, 0.5) is 0 Å². The molecule has 1 rings (SSSR count). The van der Waals surface area contributed by atoms with Crippen LogP contribution in [-0.2, 0) is 4.79 Å². The summed E-state index contributed by atoms with van der Waals surface area (Å²) in [5, 5.41) is 21.2. The number of unbranched alkanes of at least 4 members (excludes halogenated alkanes) is 1. The van der Waals surface area contributed by atoms with E-state index in [-0.39, 0.29) is 29.4 Å². The number of primary amides is 1. The first-order valence-corrected chi connectivity index (χ1v) is 5.59. The molecule has 0 spiro atoms. The maximum atomic E-state index is 11.6. The van der Waals surface area contributed by atoms with Gasteiger partial charge < -0.3 is 21.3 Å². The van der Waals surface area contributed by atoms with Crippen molar-refractivity contribution in [3.63, 3.8) is 0 Å². The molecule has 0 bridgehead atoms. The van der Waals surface area contributed by atoms with Crippen LogP contribution in [0, 0.1) is 0 Å². The van der Waals surface area contributed by atoms with Crippen molar-refractivity contribution in [3.8, 4) is 11.5 Å². The number of benzene rings is 1. The van der Waals surface area contributed by atoms with Gasteiger partial charge in [-0.3, -0.25) is 9.59 Å². The number of carbonyl (C=O) groups excluding carboxylic acids is 2. The quantitative estimate of drug-likeness (QED) is 0.435. The van der Waals surface area contributed by atoms with E-state index in [0.717, 1.165) is 0 Å². The average molecular weight is 252 g/mol. The molecule has 6 heteroatoms. The van der Waals surface area contributed by atoms with Crippen molar-refractivity contribution < 1.29 is 19.8 Å². The first-order chi connectivity index (χ1) is 8.50.